The second-order valence-electron chi connectivity index (χ2n) is 4.59. The van der Waals surface area contributed by atoms with E-state index in [9.17, 15) is 4.39 Å². The number of anilines is 1. The Kier molecular flexibility index (Phi) is 4.03. The smallest absolute Gasteiger partial charge is 0.164 e. The lowest BCUT2D eigenvalue weighted by Gasteiger charge is -2.09. The van der Waals surface area contributed by atoms with Crippen molar-refractivity contribution in [3.63, 3.8) is 0 Å². The van der Waals surface area contributed by atoms with Gasteiger partial charge in [-0.15, -0.1) is 11.3 Å². The highest BCUT2D eigenvalue weighted by atomic mass is 35.5. The average Bonchev–Trinajstić information content (AvgIpc) is 2.93. The molecule has 2 heterocycles. The van der Waals surface area contributed by atoms with E-state index < -0.39 is 0 Å². The number of benzene rings is 1. The van der Waals surface area contributed by atoms with Gasteiger partial charge in [0.2, 0.25) is 0 Å². The molecule has 108 valence electrons. The van der Waals surface area contributed by atoms with Crippen LogP contribution in [0.2, 0.25) is 5.02 Å². The van der Waals surface area contributed by atoms with Crippen molar-refractivity contribution in [3.8, 4) is 11.4 Å². The molecule has 0 bridgehead atoms. The molecular formula is C15H13ClFN3S. The molecule has 0 saturated carbocycles. The number of nitrogens with one attached hydrogen (secondary N) is 1. The fourth-order valence-corrected chi connectivity index (χ4v) is 3.04. The van der Waals surface area contributed by atoms with Crippen LogP contribution in [0, 0.1) is 5.82 Å². The quantitative estimate of drug-likeness (QED) is 0.737. The van der Waals surface area contributed by atoms with Gasteiger partial charge in [-0.1, -0.05) is 18.5 Å². The van der Waals surface area contributed by atoms with Gasteiger partial charge < -0.3 is 5.32 Å². The highest BCUT2D eigenvalue weighted by molar-refractivity contribution is 7.16. The minimum Gasteiger partial charge on any atom is -0.369 e. The second-order valence-corrected chi connectivity index (χ2v) is 5.89. The topological polar surface area (TPSA) is 37.8 Å². The molecule has 2 aromatic heterocycles. The Balaban J connectivity index is 2.13. The lowest BCUT2D eigenvalue weighted by atomic mass is 10.2. The summed E-state index contributed by atoms with van der Waals surface area (Å²) < 4.78 is 13.2. The highest BCUT2D eigenvalue weighted by Gasteiger charge is 2.13. The Morgan fingerprint density at radius 2 is 2.14 bits per heavy atom. The molecule has 0 spiro atoms. The first-order valence-corrected chi connectivity index (χ1v) is 7.89. The van der Waals surface area contributed by atoms with E-state index in [1.54, 1.807) is 17.4 Å². The number of halogens is 2. The molecule has 3 nitrogen and oxygen atoms in total. The molecule has 0 fully saturated rings. The van der Waals surface area contributed by atoms with Gasteiger partial charge in [0, 0.05) is 12.1 Å². The minimum atomic E-state index is -0.370. The summed E-state index contributed by atoms with van der Waals surface area (Å²) in [6.07, 6.45) is 1.00. The summed E-state index contributed by atoms with van der Waals surface area (Å²) in [7, 11) is 0. The summed E-state index contributed by atoms with van der Waals surface area (Å²) in [5.41, 5.74) is 0.632. The van der Waals surface area contributed by atoms with Crippen LogP contribution in [0.25, 0.3) is 21.6 Å². The number of nitrogens with zero attached hydrogens (tertiary/aromatic N) is 2. The summed E-state index contributed by atoms with van der Waals surface area (Å²) in [6, 6.07) is 6.24. The first-order chi connectivity index (χ1) is 10.2. The van der Waals surface area contributed by atoms with Crippen LogP contribution in [0.1, 0.15) is 13.3 Å². The normalized spacial score (nSPS) is 11.0. The molecule has 1 aromatic carbocycles. The van der Waals surface area contributed by atoms with Crippen molar-refractivity contribution in [3.05, 3.63) is 40.5 Å². The van der Waals surface area contributed by atoms with Gasteiger partial charge in [0.15, 0.2) is 5.82 Å². The van der Waals surface area contributed by atoms with E-state index >= 15 is 0 Å². The van der Waals surface area contributed by atoms with Crippen LogP contribution in [0.15, 0.2) is 29.6 Å². The monoisotopic (exact) mass is 321 g/mol. The number of fused-ring (bicyclic) bond motifs is 1. The molecule has 0 aliphatic carbocycles. The minimum absolute atomic E-state index is 0.312. The standard InChI is InChI=1S/C15H13ClFN3S/c1-2-6-18-13-11-5-7-21-15(11)20-14(19-13)10-4-3-9(17)8-12(10)16/h3-5,7-8H,2,6H2,1H3,(H,18,19,20). The zero-order valence-corrected chi connectivity index (χ0v) is 12.9. The zero-order chi connectivity index (χ0) is 14.8. The van der Waals surface area contributed by atoms with Crippen molar-refractivity contribution in [2.24, 2.45) is 0 Å². The van der Waals surface area contributed by atoms with Gasteiger partial charge in [-0.2, -0.15) is 0 Å². The summed E-state index contributed by atoms with van der Waals surface area (Å²) >= 11 is 7.65. The highest BCUT2D eigenvalue weighted by Crippen LogP contribution is 2.31. The van der Waals surface area contributed by atoms with Crippen molar-refractivity contribution in [1.29, 1.82) is 0 Å². The van der Waals surface area contributed by atoms with E-state index in [4.69, 9.17) is 11.6 Å². The van der Waals surface area contributed by atoms with Crippen LogP contribution in [-0.4, -0.2) is 16.5 Å². The Labute approximate surface area is 130 Å². The molecule has 0 aliphatic heterocycles. The Morgan fingerprint density at radius 1 is 1.29 bits per heavy atom. The van der Waals surface area contributed by atoms with Crippen LogP contribution in [0.5, 0.6) is 0 Å². The van der Waals surface area contributed by atoms with Gasteiger partial charge in [0.25, 0.3) is 0 Å². The maximum absolute atomic E-state index is 13.2. The first-order valence-electron chi connectivity index (χ1n) is 6.63. The fourth-order valence-electron chi connectivity index (χ4n) is 2.02. The SMILES string of the molecule is CCCNc1nc(-c2ccc(F)cc2Cl)nc2sccc12. The Morgan fingerprint density at radius 3 is 2.90 bits per heavy atom. The predicted molar refractivity (Wildman–Crippen MR) is 86.6 cm³/mol. The van der Waals surface area contributed by atoms with E-state index in [0.717, 1.165) is 29.0 Å². The maximum atomic E-state index is 13.2. The third-order valence-electron chi connectivity index (χ3n) is 3.04. The van der Waals surface area contributed by atoms with Crippen LogP contribution in [-0.2, 0) is 0 Å². The van der Waals surface area contributed by atoms with Gasteiger partial charge in [0.1, 0.15) is 16.5 Å². The van der Waals surface area contributed by atoms with Crippen LogP contribution < -0.4 is 5.32 Å². The van der Waals surface area contributed by atoms with Gasteiger partial charge >= 0.3 is 0 Å². The molecule has 21 heavy (non-hydrogen) atoms. The van der Waals surface area contributed by atoms with E-state index in [1.165, 1.54) is 12.1 Å². The average molecular weight is 322 g/mol. The number of hydrogen-bond acceptors (Lipinski definition) is 4. The molecule has 6 heteroatoms. The van der Waals surface area contributed by atoms with Gasteiger partial charge in [-0.25, -0.2) is 14.4 Å². The first kappa shape index (κ1) is 14.2. The van der Waals surface area contributed by atoms with E-state index in [0.29, 0.717) is 16.4 Å². The van der Waals surface area contributed by atoms with Crippen LogP contribution >= 0.6 is 22.9 Å². The van der Waals surface area contributed by atoms with E-state index in [1.807, 2.05) is 11.4 Å². The number of hydrogen-bond donors (Lipinski definition) is 1. The molecule has 0 aliphatic rings. The van der Waals surface area contributed by atoms with E-state index in [-0.39, 0.29) is 5.82 Å². The second kappa shape index (κ2) is 5.95. The summed E-state index contributed by atoms with van der Waals surface area (Å²) in [5, 5.41) is 6.59. The molecule has 0 atom stereocenters. The van der Waals surface area contributed by atoms with E-state index in [2.05, 4.69) is 22.2 Å². The molecule has 3 aromatic rings. The molecule has 0 radical (unpaired) electrons. The van der Waals surface area contributed by atoms with Crippen molar-refractivity contribution < 1.29 is 4.39 Å². The van der Waals surface area contributed by atoms with Crippen molar-refractivity contribution >= 4 is 39.0 Å². The van der Waals surface area contributed by atoms with Gasteiger partial charge in [-0.3, -0.25) is 0 Å². The summed E-state index contributed by atoms with van der Waals surface area (Å²) in [6.45, 7) is 2.93. The molecule has 0 amide bonds. The number of thiophene rings is 1. The third-order valence-corrected chi connectivity index (χ3v) is 4.16. The molecular weight excluding hydrogens is 309 g/mol. The molecule has 0 unspecified atom stereocenters. The van der Waals surface area contributed by atoms with Crippen LogP contribution in [0.4, 0.5) is 10.2 Å². The third kappa shape index (κ3) is 2.84. The van der Waals surface area contributed by atoms with Gasteiger partial charge in [-0.05, 0) is 36.1 Å². The molecule has 1 N–H and O–H groups in total. The summed E-state index contributed by atoms with van der Waals surface area (Å²) in [4.78, 5) is 9.96. The number of aromatic nitrogens is 2. The van der Waals surface area contributed by atoms with Crippen molar-refractivity contribution in [2.75, 3.05) is 11.9 Å². The Hall–Kier alpha value is -1.72. The van der Waals surface area contributed by atoms with Crippen molar-refractivity contribution in [2.45, 2.75) is 13.3 Å². The lowest BCUT2D eigenvalue weighted by Crippen LogP contribution is -2.04. The largest absolute Gasteiger partial charge is 0.369 e. The zero-order valence-electron chi connectivity index (χ0n) is 11.4. The summed E-state index contributed by atoms with van der Waals surface area (Å²) in [5.74, 6) is 0.928. The lowest BCUT2D eigenvalue weighted by molar-refractivity contribution is 0.628. The van der Waals surface area contributed by atoms with Crippen molar-refractivity contribution in [1.82, 2.24) is 9.97 Å². The fraction of sp³-hybridized carbons (Fsp3) is 0.200. The molecule has 3 rings (SSSR count). The molecule has 0 saturated heterocycles. The maximum Gasteiger partial charge on any atom is 0.164 e. The van der Waals surface area contributed by atoms with Crippen LogP contribution in [0.3, 0.4) is 0 Å². The number of rotatable bonds is 4. The van der Waals surface area contributed by atoms with Gasteiger partial charge in [0.05, 0.1) is 10.4 Å². The predicted octanol–water partition coefficient (Wildman–Crippen LogP) is 4.97. The Bertz CT molecular complexity index is 788.